The van der Waals surface area contributed by atoms with Crippen molar-refractivity contribution in [3.8, 4) is 0 Å². The molecule has 1 saturated heterocycles. The summed E-state index contributed by atoms with van der Waals surface area (Å²) in [6.07, 6.45) is 0. The fourth-order valence-corrected chi connectivity index (χ4v) is 2.90. The zero-order valence-corrected chi connectivity index (χ0v) is 13.2. The third-order valence-electron chi connectivity index (χ3n) is 4.15. The molecule has 0 aromatic heterocycles. The smallest absolute Gasteiger partial charge is 0.242 e. The van der Waals surface area contributed by atoms with E-state index in [9.17, 15) is 9.59 Å². The molecular formula is C19H20N2O2. The van der Waals surface area contributed by atoms with Crippen LogP contribution in [0.3, 0.4) is 0 Å². The molecule has 3 rings (SSSR count). The van der Waals surface area contributed by atoms with Crippen molar-refractivity contribution in [2.24, 2.45) is 0 Å². The molecule has 118 valence electrons. The Hall–Kier alpha value is -2.46. The zero-order chi connectivity index (χ0) is 16.2. The van der Waals surface area contributed by atoms with Gasteiger partial charge in [0.2, 0.25) is 5.91 Å². The van der Waals surface area contributed by atoms with Crippen molar-refractivity contribution in [2.45, 2.75) is 13.0 Å². The number of nitrogens with one attached hydrogen (secondary N) is 1. The Morgan fingerprint density at radius 2 is 1.83 bits per heavy atom. The normalized spacial score (nSPS) is 18.5. The van der Waals surface area contributed by atoms with E-state index in [1.54, 1.807) is 0 Å². The molecule has 1 amide bonds. The summed E-state index contributed by atoms with van der Waals surface area (Å²) in [4.78, 5) is 26.8. The van der Waals surface area contributed by atoms with Gasteiger partial charge in [-0.2, -0.15) is 0 Å². The Morgan fingerprint density at radius 1 is 1.13 bits per heavy atom. The fourth-order valence-electron chi connectivity index (χ4n) is 2.90. The Morgan fingerprint density at radius 3 is 2.52 bits per heavy atom. The molecule has 4 nitrogen and oxygen atoms in total. The number of nitrogens with zero attached hydrogens (tertiary/aromatic N) is 1. The van der Waals surface area contributed by atoms with Gasteiger partial charge in [-0.25, -0.2) is 0 Å². The molecule has 1 aliphatic rings. The van der Waals surface area contributed by atoms with Gasteiger partial charge in [0.1, 0.15) is 6.04 Å². The Kier molecular flexibility index (Phi) is 4.53. The second-order valence-corrected chi connectivity index (χ2v) is 5.86. The van der Waals surface area contributed by atoms with Gasteiger partial charge in [0, 0.05) is 18.7 Å². The first-order chi connectivity index (χ1) is 11.1. The molecule has 1 heterocycles. The van der Waals surface area contributed by atoms with Crippen LogP contribution in [0.2, 0.25) is 0 Å². The van der Waals surface area contributed by atoms with Crippen molar-refractivity contribution < 1.29 is 9.59 Å². The lowest BCUT2D eigenvalue weighted by atomic mass is 10.0. The van der Waals surface area contributed by atoms with E-state index >= 15 is 0 Å². The van der Waals surface area contributed by atoms with Gasteiger partial charge in [0.15, 0.2) is 5.78 Å². The second kappa shape index (κ2) is 6.75. The van der Waals surface area contributed by atoms with Crippen molar-refractivity contribution in [3.05, 3.63) is 71.3 Å². The first-order valence-corrected chi connectivity index (χ1v) is 7.82. The molecule has 0 saturated carbocycles. The summed E-state index contributed by atoms with van der Waals surface area (Å²) in [6, 6.07) is 16.8. The van der Waals surface area contributed by atoms with Crippen LogP contribution >= 0.6 is 0 Å². The van der Waals surface area contributed by atoms with E-state index in [0.717, 1.165) is 11.1 Å². The summed E-state index contributed by atoms with van der Waals surface area (Å²) >= 11 is 0. The maximum atomic E-state index is 12.5. The predicted octanol–water partition coefficient (Wildman–Crippen LogP) is 2.35. The summed E-state index contributed by atoms with van der Waals surface area (Å²) in [5, 5.41) is 2.89. The average molecular weight is 308 g/mol. The van der Waals surface area contributed by atoms with E-state index in [-0.39, 0.29) is 18.2 Å². The van der Waals surface area contributed by atoms with Crippen LogP contribution < -0.4 is 5.32 Å². The van der Waals surface area contributed by atoms with E-state index in [1.807, 2.05) is 66.4 Å². The average Bonchev–Trinajstić information content (AvgIpc) is 2.56. The monoisotopic (exact) mass is 308 g/mol. The van der Waals surface area contributed by atoms with Crippen LogP contribution in [0.5, 0.6) is 0 Å². The van der Waals surface area contributed by atoms with Crippen LogP contribution in [0.1, 0.15) is 27.5 Å². The summed E-state index contributed by atoms with van der Waals surface area (Å²) < 4.78 is 0. The van der Waals surface area contributed by atoms with Gasteiger partial charge in [-0.15, -0.1) is 0 Å². The van der Waals surface area contributed by atoms with E-state index < -0.39 is 6.04 Å². The minimum absolute atomic E-state index is 0.0423. The van der Waals surface area contributed by atoms with Gasteiger partial charge in [-0.3, -0.25) is 14.5 Å². The molecule has 0 spiro atoms. The number of amides is 1. The van der Waals surface area contributed by atoms with Gasteiger partial charge in [-0.1, -0.05) is 60.2 Å². The van der Waals surface area contributed by atoms with Gasteiger partial charge < -0.3 is 5.32 Å². The summed E-state index contributed by atoms with van der Waals surface area (Å²) in [6.45, 7) is 3.48. The molecule has 1 atom stereocenters. The van der Waals surface area contributed by atoms with Crippen molar-refractivity contribution in [1.82, 2.24) is 10.2 Å². The highest BCUT2D eigenvalue weighted by molar-refractivity contribution is 5.98. The topological polar surface area (TPSA) is 49.4 Å². The lowest BCUT2D eigenvalue weighted by Crippen LogP contribution is -2.51. The molecule has 1 N–H and O–H groups in total. The van der Waals surface area contributed by atoms with Crippen LogP contribution in [-0.2, 0) is 4.79 Å². The number of hydrogen-bond donors (Lipinski definition) is 1. The van der Waals surface area contributed by atoms with Gasteiger partial charge in [0.25, 0.3) is 0 Å². The number of rotatable bonds is 4. The zero-order valence-electron chi connectivity index (χ0n) is 13.2. The molecule has 1 unspecified atom stereocenters. The molecule has 23 heavy (non-hydrogen) atoms. The van der Waals surface area contributed by atoms with Crippen molar-refractivity contribution in [1.29, 1.82) is 0 Å². The summed E-state index contributed by atoms with van der Waals surface area (Å²) in [5.74, 6) is -0.000197. The first-order valence-electron chi connectivity index (χ1n) is 7.82. The number of benzene rings is 2. The molecule has 1 aliphatic heterocycles. The first kappa shape index (κ1) is 15.4. The van der Waals surface area contributed by atoms with Gasteiger partial charge >= 0.3 is 0 Å². The summed E-state index contributed by atoms with van der Waals surface area (Å²) in [5.41, 5.74) is 2.73. The minimum atomic E-state index is -0.403. The highest BCUT2D eigenvalue weighted by atomic mass is 16.2. The maximum Gasteiger partial charge on any atom is 0.242 e. The van der Waals surface area contributed by atoms with E-state index in [4.69, 9.17) is 0 Å². The number of ketones is 1. The molecule has 1 fully saturated rings. The molecule has 0 radical (unpaired) electrons. The van der Waals surface area contributed by atoms with Gasteiger partial charge in [-0.05, 0) is 12.5 Å². The van der Waals surface area contributed by atoms with Crippen LogP contribution in [0.4, 0.5) is 0 Å². The fraction of sp³-hybridized carbons (Fsp3) is 0.263. The summed E-state index contributed by atoms with van der Waals surface area (Å²) in [7, 11) is 0. The predicted molar refractivity (Wildman–Crippen MR) is 89.3 cm³/mol. The van der Waals surface area contributed by atoms with Crippen molar-refractivity contribution in [2.75, 3.05) is 19.6 Å². The second-order valence-electron chi connectivity index (χ2n) is 5.86. The molecule has 0 aliphatic carbocycles. The molecule has 4 heteroatoms. The molecule has 0 bridgehead atoms. The van der Waals surface area contributed by atoms with E-state index in [1.165, 1.54) is 0 Å². The Balaban J connectivity index is 1.80. The van der Waals surface area contributed by atoms with Crippen LogP contribution in [-0.4, -0.2) is 36.2 Å². The van der Waals surface area contributed by atoms with Crippen molar-refractivity contribution >= 4 is 11.7 Å². The minimum Gasteiger partial charge on any atom is -0.353 e. The van der Waals surface area contributed by atoms with E-state index in [0.29, 0.717) is 18.7 Å². The van der Waals surface area contributed by atoms with E-state index in [2.05, 4.69) is 5.32 Å². The standard InChI is InChI=1S/C19H20N2O2/c1-14-7-9-15(10-8-14)17(22)13-21-12-11-20-19(23)18(21)16-5-3-2-4-6-16/h2-10,18H,11-13H2,1H3,(H,20,23). The number of aryl methyl sites for hydroxylation is 1. The number of Topliss-reactive ketones (excluding diaryl/α,β-unsaturated/α-hetero) is 1. The lowest BCUT2D eigenvalue weighted by molar-refractivity contribution is -0.128. The highest BCUT2D eigenvalue weighted by Crippen LogP contribution is 2.23. The van der Waals surface area contributed by atoms with Crippen molar-refractivity contribution in [3.63, 3.8) is 0 Å². The Bertz CT molecular complexity index is 695. The molecule has 2 aromatic rings. The lowest BCUT2D eigenvalue weighted by Gasteiger charge is -2.34. The largest absolute Gasteiger partial charge is 0.353 e. The third-order valence-corrected chi connectivity index (χ3v) is 4.15. The SMILES string of the molecule is Cc1ccc(C(=O)CN2CCNC(=O)C2c2ccccc2)cc1. The number of piperazine rings is 1. The molecule has 2 aromatic carbocycles. The van der Waals surface area contributed by atoms with Gasteiger partial charge in [0.05, 0.1) is 6.54 Å². The number of carbonyl (C=O) groups excluding carboxylic acids is 2. The van der Waals surface area contributed by atoms with Crippen LogP contribution in [0, 0.1) is 6.92 Å². The number of hydrogen-bond acceptors (Lipinski definition) is 3. The Labute approximate surface area is 136 Å². The van der Waals surface area contributed by atoms with Crippen LogP contribution in [0.25, 0.3) is 0 Å². The number of carbonyl (C=O) groups is 2. The quantitative estimate of drug-likeness (QED) is 0.882. The molecular weight excluding hydrogens is 288 g/mol. The highest BCUT2D eigenvalue weighted by Gasteiger charge is 2.32. The van der Waals surface area contributed by atoms with Crippen LogP contribution in [0.15, 0.2) is 54.6 Å². The maximum absolute atomic E-state index is 12.5. The third kappa shape index (κ3) is 3.48.